The summed E-state index contributed by atoms with van der Waals surface area (Å²) in [6.07, 6.45) is 5.28. The van der Waals surface area contributed by atoms with Crippen molar-refractivity contribution in [3.8, 4) is 0 Å². The van der Waals surface area contributed by atoms with Gasteiger partial charge in [-0.25, -0.2) is 9.78 Å². The molecule has 1 aliphatic rings. The van der Waals surface area contributed by atoms with Crippen LogP contribution in [0.1, 0.15) is 88.5 Å². The predicted octanol–water partition coefficient (Wildman–Crippen LogP) is -0.649. The molecule has 0 radical (unpaired) electrons. The lowest BCUT2D eigenvalue weighted by Crippen LogP contribution is -2.61. The third-order valence-electron chi connectivity index (χ3n) is 12.3. The van der Waals surface area contributed by atoms with Crippen LogP contribution in [0.25, 0.3) is 10.9 Å². The van der Waals surface area contributed by atoms with Crippen LogP contribution >= 0.6 is 0 Å². The molecule has 24 heteroatoms. The van der Waals surface area contributed by atoms with Gasteiger partial charge in [0.1, 0.15) is 42.3 Å². The number of fused-ring (bicyclic) bond motifs is 1. The largest absolute Gasteiger partial charge is 0.480 e. The number of aromatic amines is 2. The van der Waals surface area contributed by atoms with Crippen molar-refractivity contribution in [1.82, 2.24) is 57.5 Å². The maximum atomic E-state index is 14.7. The van der Waals surface area contributed by atoms with E-state index in [-0.39, 0.29) is 76.8 Å². The molecule has 7 atom stereocenters. The summed E-state index contributed by atoms with van der Waals surface area (Å²) >= 11 is 0. The van der Waals surface area contributed by atoms with Crippen molar-refractivity contribution < 1.29 is 48.3 Å². The third kappa shape index (κ3) is 18.1. The van der Waals surface area contributed by atoms with Crippen LogP contribution in [0.4, 0.5) is 0 Å². The average molecular weight is 1030 g/mol. The van der Waals surface area contributed by atoms with Gasteiger partial charge in [-0.05, 0) is 55.7 Å². The quantitative estimate of drug-likeness (QED) is 0.0356. The summed E-state index contributed by atoms with van der Waals surface area (Å²) in [5, 5.41) is 32.3. The van der Waals surface area contributed by atoms with Crippen molar-refractivity contribution in [3.05, 3.63) is 90.1 Å². The highest BCUT2D eigenvalue weighted by atomic mass is 16.4. The Morgan fingerprint density at radius 3 is 2.11 bits per heavy atom. The number of rotatable bonds is 17. The third-order valence-corrected chi connectivity index (χ3v) is 12.3. The Kier molecular flexibility index (Phi) is 21.9. The van der Waals surface area contributed by atoms with Crippen LogP contribution in [0, 0.1) is 0 Å². The van der Waals surface area contributed by atoms with Gasteiger partial charge in [0.25, 0.3) is 0 Å². The van der Waals surface area contributed by atoms with E-state index in [1.54, 1.807) is 42.6 Å². The van der Waals surface area contributed by atoms with Gasteiger partial charge in [0.05, 0.1) is 12.7 Å². The minimum atomic E-state index is -1.59. The van der Waals surface area contributed by atoms with Gasteiger partial charge in [-0.15, -0.1) is 0 Å². The van der Waals surface area contributed by atoms with E-state index >= 15 is 0 Å². The molecule has 8 amide bonds. The number of guanidine groups is 1. The normalized spacial score (nSPS) is 21.3. The molecule has 15 N–H and O–H groups in total. The molecule has 2 aromatic carbocycles. The number of amides is 8. The number of nitrogens with two attached hydrogens (primary N) is 2. The molecule has 0 unspecified atom stereocenters. The number of hydrogen-bond donors (Lipinski definition) is 13. The highest BCUT2D eigenvalue weighted by molar-refractivity contribution is 5.99. The Morgan fingerprint density at radius 2 is 1.43 bits per heavy atom. The summed E-state index contributed by atoms with van der Waals surface area (Å²) in [5.41, 5.74) is 13.5. The molecule has 0 bridgehead atoms. The fourth-order valence-electron chi connectivity index (χ4n) is 8.37. The highest BCUT2D eigenvalue weighted by Crippen LogP contribution is 2.20. The smallest absolute Gasteiger partial charge is 0.326 e. The molecule has 398 valence electrons. The van der Waals surface area contributed by atoms with Gasteiger partial charge in [0.2, 0.25) is 47.3 Å². The van der Waals surface area contributed by atoms with E-state index in [0.717, 1.165) is 10.9 Å². The maximum Gasteiger partial charge on any atom is 0.326 e. The Labute approximate surface area is 427 Å². The number of unbranched alkanes of at least 4 members (excludes halogenated alkanes) is 1. The molecular weight excluding hydrogens is 957 g/mol. The molecule has 0 aliphatic carbocycles. The van der Waals surface area contributed by atoms with Crippen LogP contribution in [-0.2, 0) is 62.4 Å². The summed E-state index contributed by atoms with van der Waals surface area (Å²) in [6, 6.07) is 6.21. The molecule has 24 nitrogen and oxygen atoms in total. The molecule has 1 saturated heterocycles. The number of carbonyl (C=O) groups is 9. The van der Waals surface area contributed by atoms with Gasteiger partial charge < -0.3 is 69.1 Å². The number of para-hydroxylation sites is 1. The first-order chi connectivity index (χ1) is 35.5. The number of aliphatic carboxylic acids is 1. The van der Waals surface area contributed by atoms with E-state index in [2.05, 4.69) is 62.5 Å². The SMILES string of the molecule is CCCC[C@H](NC(C)=O)C(=O)N[C@H]1CC(=O)NCCCC[C@@H](C(=O)O)NC(=O)[C@H](Cc2c[nH]c3ccccc23)NC(=O)[C@H](CCCN=C(N)N)NC(=O)[C@H](Cc2ccccc2)NC(=O)[C@H](Cc2cnc[nH]2)NC1=O. The number of benzene rings is 2. The van der Waals surface area contributed by atoms with Crippen molar-refractivity contribution in [3.63, 3.8) is 0 Å². The Hall–Kier alpha value is -8.31. The zero-order chi connectivity index (χ0) is 53.6. The minimum absolute atomic E-state index is 0.00489. The summed E-state index contributed by atoms with van der Waals surface area (Å²) < 4.78 is 0. The summed E-state index contributed by atoms with van der Waals surface area (Å²) in [5.74, 6) is -7.80. The summed E-state index contributed by atoms with van der Waals surface area (Å²) in [4.78, 5) is 139. The number of aromatic nitrogens is 3. The number of nitrogens with one attached hydrogen (secondary N) is 10. The average Bonchev–Trinajstić information content (AvgIpc) is 4.04. The second kappa shape index (κ2) is 28.7. The van der Waals surface area contributed by atoms with Crippen LogP contribution in [0.2, 0.25) is 0 Å². The highest BCUT2D eigenvalue weighted by Gasteiger charge is 2.35. The first-order valence-corrected chi connectivity index (χ1v) is 24.7. The Bertz CT molecular complexity index is 2580. The van der Waals surface area contributed by atoms with Crippen LogP contribution in [0.3, 0.4) is 0 Å². The van der Waals surface area contributed by atoms with Crippen LogP contribution in [0.15, 0.2) is 78.3 Å². The first kappa shape index (κ1) is 56.6. The van der Waals surface area contributed by atoms with Gasteiger partial charge in [-0.2, -0.15) is 0 Å². The van der Waals surface area contributed by atoms with Crippen molar-refractivity contribution >= 4 is 70.1 Å². The van der Waals surface area contributed by atoms with Gasteiger partial charge in [-0.1, -0.05) is 68.3 Å². The van der Waals surface area contributed by atoms with Gasteiger partial charge in [0, 0.05) is 68.3 Å². The van der Waals surface area contributed by atoms with Crippen molar-refractivity contribution in [2.45, 2.75) is 133 Å². The van der Waals surface area contributed by atoms with Gasteiger partial charge in [0.15, 0.2) is 5.96 Å². The zero-order valence-electron chi connectivity index (χ0n) is 41.5. The van der Waals surface area contributed by atoms with Gasteiger partial charge in [-0.3, -0.25) is 43.3 Å². The molecule has 3 heterocycles. The first-order valence-electron chi connectivity index (χ1n) is 24.7. The molecule has 1 fully saturated rings. The van der Waals surface area contributed by atoms with Crippen LogP contribution in [0.5, 0.6) is 0 Å². The molecule has 4 aromatic rings. The van der Waals surface area contributed by atoms with Crippen molar-refractivity contribution in [2.75, 3.05) is 13.1 Å². The lowest BCUT2D eigenvalue weighted by molar-refractivity contribution is -0.142. The molecule has 0 spiro atoms. The molecule has 74 heavy (non-hydrogen) atoms. The number of aliphatic imine (C=N–C) groups is 1. The topological polar surface area (TPSA) is 379 Å². The number of imidazole rings is 1. The van der Waals surface area contributed by atoms with Crippen LogP contribution < -0.4 is 54.0 Å². The van der Waals surface area contributed by atoms with Crippen molar-refractivity contribution in [2.24, 2.45) is 16.5 Å². The van der Waals surface area contributed by atoms with Gasteiger partial charge >= 0.3 is 5.97 Å². The monoisotopic (exact) mass is 1020 g/mol. The number of H-pyrrole nitrogens is 2. The van der Waals surface area contributed by atoms with E-state index in [4.69, 9.17) is 11.5 Å². The number of carboxylic acid groups (broad SMARTS) is 1. The van der Waals surface area contributed by atoms with E-state index in [0.29, 0.717) is 29.7 Å². The number of carbonyl (C=O) groups excluding carboxylic acids is 8. The fraction of sp³-hybridized carbons (Fsp3) is 0.460. The lowest BCUT2D eigenvalue weighted by atomic mass is 10.0. The fourth-order valence-corrected chi connectivity index (χ4v) is 8.37. The number of carboxylic acids is 1. The second-order valence-corrected chi connectivity index (χ2v) is 18.1. The molecule has 0 saturated carbocycles. The molecule has 5 rings (SSSR count). The van der Waals surface area contributed by atoms with Crippen LogP contribution in [-0.4, -0.2) is 135 Å². The second-order valence-electron chi connectivity index (χ2n) is 18.1. The van der Waals surface area contributed by atoms with Crippen molar-refractivity contribution in [1.29, 1.82) is 0 Å². The zero-order valence-corrected chi connectivity index (χ0v) is 41.5. The minimum Gasteiger partial charge on any atom is -0.480 e. The summed E-state index contributed by atoms with van der Waals surface area (Å²) in [6.45, 7) is 3.19. The van der Waals surface area contributed by atoms with E-state index in [9.17, 15) is 48.3 Å². The summed E-state index contributed by atoms with van der Waals surface area (Å²) in [7, 11) is 0. The standard InChI is InChI=1S/C50H68N14O10/c1-3-4-16-35(58-29(2)65)43(67)64-41-25-42(66)54-20-11-10-18-37(49(73)74)60-46(70)39(23-31-26-56-34-17-9-8-15-33(31)34)62-44(68)36(19-12-21-55-50(51)52)59-45(69)38(22-30-13-6-5-7-14-30)61-47(71)40(63-48(41)72)24-32-27-53-28-57-32/h5-9,13-15,17,26-28,35-41,56H,3-4,10-12,16,18-25H2,1-2H3,(H,53,57)(H,54,66)(H,58,65)(H,59,69)(H,60,70)(H,61,71)(H,62,68)(H,63,72)(H,64,67)(H,73,74)(H4,51,52,55)/t35-,36-,37-,38-,39-,40-,41-/m0/s1. The lowest BCUT2D eigenvalue weighted by Gasteiger charge is -2.28. The molecule has 1 aliphatic heterocycles. The number of hydrogen-bond acceptors (Lipinski definition) is 11. The van der Waals surface area contributed by atoms with E-state index in [1.165, 1.54) is 19.4 Å². The Morgan fingerprint density at radius 1 is 0.784 bits per heavy atom. The maximum absolute atomic E-state index is 14.7. The predicted molar refractivity (Wildman–Crippen MR) is 272 cm³/mol. The van der Waals surface area contributed by atoms with E-state index in [1.807, 2.05) is 25.1 Å². The molecular formula is C50H68N14O10. The number of nitrogens with zero attached hydrogens (tertiary/aromatic N) is 2. The van der Waals surface area contributed by atoms with E-state index < -0.39 is 102 Å². The molecule has 2 aromatic heterocycles. The Balaban J connectivity index is 1.55.